The Balaban J connectivity index is 1.97. The fraction of sp³-hybridized carbons (Fsp3) is 0.250. The van der Waals surface area contributed by atoms with E-state index in [0.29, 0.717) is 18.1 Å². The summed E-state index contributed by atoms with van der Waals surface area (Å²) < 4.78 is 7.40. The van der Waals surface area contributed by atoms with Crippen LogP contribution in [0.3, 0.4) is 0 Å². The normalized spacial score (nSPS) is 10.9. The number of nitro groups is 1. The third-order valence-electron chi connectivity index (χ3n) is 3.72. The number of nitrogens with zero attached hydrogens (tertiary/aromatic N) is 4. The molecule has 0 saturated carbocycles. The number of hydrogen-bond donors (Lipinski definition) is 0. The molecule has 0 unspecified atom stereocenters. The standard InChI is InChI=1S/C16H16N4O3/c1-10-4-6-13(7-5-10)9-23-16-15-18-14(20(21)22)8-19(15)12(3)11(2)17-16/h4-8H,9H2,1-3H3. The Bertz CT molecular complexity index is 884. The van der Waals surface area contributed by atoms with Crippen LogP contribution in [0.2, 0.25) is 0 Å². The minimum absolute atomic E-state index is 0.222. The molecule has 0 amide bonds. The number of ether oxygens (including phenoxy) is 1. The molecule has 0 spiro atoms. The van der Waals surface area contributed by atoms with Crippen molar-refractivity contribution < 1.29 is 9.66 Å². The topological polar surface area (TPSA) is 82.6 Å². The van der Waals surface area contributed by atoms with E-state index in [2.05, 4.69) is 9.97 Å². The van der Waals surface area contributed by atoms with E-state index in [9.17, 15) is 10.1 Å². The molecule has 7 heteroatoms. The highest BCUT2D eigenvalue weighted by Gasteiger charge is 2.21. The van der Waals surface area contributed by atoms with Gasteiger partial charge in [0.25, 0.3) is 5.88 Å². The van der Waals surface area contributed by atoms with Gasteiger partial charge in [-0.3, -0.25) is 4.40 Å². The van der Waals surface area contributed by atoms with Crippen LogP contribution in [0.5, 0.6) is 5.88 Å². The Morgan fingerprint density at radius 3 is 2.52 bits per heavy atom. The molecule has 0 N–H and O–H groups in total. The highest BCUT2D eigenvalue weighted by Crippen LogP contribution is 2.24. The zero-order valence-corrected chi connectivity index (χ0v) is 13.1. The number of fused-ring (bicyclic) bond motifs is 1. The lowest BCUT2D eigenvalue weighted by molar-refractivity contribution is -0.389. The Kier molecular flexibility index (Phi) is 3.69. The van der Waals surface area contributed by atoms with Crippen molar-refractivity contribution in [2.45, 2.75) is 27.4 Å². The van der Waals surface area contributed by atoms with Crippen LogP contribution < -0.4 is 4.74 Å². The van der Waals surface area contributed by atoms with Crippen LogP contribution in [0.4, 0.5) is 5.82 Å². The maximum atomic E-state index is 11.0. The maximum absolute atomic E-state index is 11.0. The van der Waals surface area contributed by atoms with E-state index in [0.717, 1.165) is 17.0 Å². The molecule has 1 aromatic carbocycles. The number of imidazole rings is 1. The first-order chi connectivity index (χ1) is 11.0. The number of rotatable bonds is 4. The van der Waals surface area contributed by atoms with Crippen LogP contribution in [0.15, 0.2) is 30.5 Å². The number of aromatic nitrogens is 3. The first kappa shape index (κ1) is 15.0. The summed E-state index contributed by atoms with van der Waals surface area (Å²) in [5.74, 6) is 0.0717. The van der Waals surface area contributed by atoms with Gasteiger partial charge in [-0.2, -0.15) is 0 Å². The van der Waals surface area contributed by atoms with Crippen molar-refractivity contribution in [3.8, 4) is 5.88 Å². The molecule has 2 aromatic heterocycles. The third-order valence-corrected chi connectivity index (χ3v) is 3.72. The van der Waals surface area contributed by atoms with Gasteiger partial charge in [0.2, 0.25) is 0 Å². The fourth-order valence-corrected chi connectivity index (χ4v) is 2.25. The van der Waals surface area contributed by atoms with Gasteiger partial charge < -0.3 is 14.9 Å². The molecule has 23 heavy (non-hydrogen) atoms. The Morgan fingerprint density at radius 2 is 1.87 bits per heavy atom. The van der Waals surface area contributed by atoms with Crippen LogP contribution in [-0.2, 0) is 6.61 Å². The lowest BCUT2D eigenvalue weighted by Gasteiger charge is -2.08. The molecule has 0 atom stereocenters. The van der Waals surface area contributed by atoms with E-state index in [1.807, 2.05) is 45.0 Å². The van der Waals surface area contributed by atoms with Crippen LogP contribution in [0.25, 0.3) is 5.65 Å². The smallest absolute Gasteiger partial charge is 0.382 e. The molecule has 0 fully saturated rings. The van der Waals surface area contributed by atoms with Crippen molar-refractivity contribution in [1.29, 1.82) is 0 Å². The van der Waals surface area contributed by atoms with Gasteiger partial charge >= 0.3 is 11.5 Å². The molecular formula is C16H16N4O3. The summed E-state index contributed by atoms with van der Waals surface area (Å²) in [6, 6.07) is 7.95. The van der Waals surface area contributed by atoms with Gasteiger partial charge in [-0.1, -0.05) is 29.8 Å². The first-order valence-electron chi connectivity index (χ1n) is 7.14. The summed E-state index contributed by atoms with van der Waals surface area (Å²) in [6.45, 7) is 6.01. The van der Waals surface area contributed by atoms with E-state index in [4.69, 9.17) is 4.74 Å². The first-order valence-corrected chi connectivity index (χ1v) is 7.14. The average molecular weight is 312 g/mol. The second kappa shape index (κ2) is 5.68. The van der Waals surface area contributed by atoms with Crippen LogP contribution in [0.1, 0.15) is 22.5 Å². The molecule has 0 radical (unpaired) electrons. The van der Waals surface area contributed by atoms with Crippen molar-refractivity contribution >= 4 is 11.5 Å². The van der Waals surface area contributed by atoms with Gasteiger partial charge in [-0.05, 0) is 36.2 Å². The van der Waals surface area contributed by atoms with Crippen molar-refractivity contribution in [2.24, 2.45) is 0 Å². The Labute approximate surface area is 132 Å². The summed E-state index contributed by atoms with van der Waals surface area (Å²) in [4.78, 5) is 18.8. The molecule has 7 nitrogen and oxygen atoms in total. The average Bonchev–Trinajstić information content (AvgIpc) is 2.97. The van der Waals surface area contributed by atoms with E-state index in [1.54, 1.807) is 4.40 Å². The molecule has 0 aliphatic heterocycles. The second-order valence-corrected chi connectivity index (χ2v) is 5.41. The van der Waals surface area contributed by atoms with Crippen molar-refractivity contribution in [3.63, 3.8) is 0 Å². The lowest BCUT2D eigenvalue weighted by atomic mass is 10.2. The van der Waals surface area contributed by atoms with Crippen LogP contribution in [-0.4, -0.2) is 19.3 Å². The van der Waals surface area contributed by atoms with Crippen molar-refractivity contribution in [2.75, 3.05) is 0 Å². The fourth-order valence-electron chi connectivity index (χ4n) is 2.25. The molecule has 118 valence electrons. The monoisotopic (exact) mass is 312 g/mol. The number of benzene rings is 1. The van der Waals surface area contributed by atoms with Crippen LogP contribution in [0, 0.1) is 30.9 Å². The van der Waals surface area contributed by atoms with E-state index >= 15 is 0 Å². The minimum atomic E-state index is -0.522. The molecule has 3 rings (SSSR count). The summed E-state index contributed by atoms with van der Waals surface area (Å²) in [6.07, 6.45) is 1.39. The van der Waals surface area contributed by atoms with Gasteiger partial charge in [0.05, 0.1) is 5.69 Å². The van der Waals surface area contributed by atoms with E-state index < -0.39 is 4.92 Å². The number of aryl methyl sites for hydroxylation is 3. The van der Waals surface area contributed by atoms with Gasteiger partial charge in [-0.25, -0.2) is 4.98 Å². The summed E-state index contributed by atoms with van der Waals surface area (Å²) in [7, 11) is 0. The molecular weight excluding hydrogens is 296 g/mol. The van der Waals surface area contributed by atoms with Gasteiger partial charge in [0.15, 0.2) is 0 Å². The third kappa shape index (κ3) is 2.85. The molecule has 3 aromatic rings. The molecule has 0 saturated heterocycles. The highest BCUT2D eigenvalue weighted by atomic mass is 16.6. The zero-order valence-electron chi connectivity index (χ0n) is 13.1. The van der Waals surface area contributed by atoms with E-state index in [1.165, 1.54) is 11.8 Å². The quantitative estimate of drug-likeness (QED) is 0.546. The summed E-state index contributed by atoms with van der Waals surface area (Å²) in [5.41, 5.74) is 4.05. The second-order valence-electron chi connectivity index (χ2n) is 5.41. The van der Waals surface area contributed by atoms with Gasteiger partial charge in [-0.15, -0.1) is 0 Å². The minimum Gasteiger partial charge on any atom is -0.469 e. The predicted octanol–water partition coefficient (Wildman–Crippen LogP) is 3.14. The Hall–Kier alpha value is -2.96. The predicted molar refractivity (Wildman–Crippen MR) is 84.6 cm³/mol. The summed E-state index contributed by atoms with van der Waals surface area (Å²) >= 11 is 0. The zero-order chi connectivity index (χ0) is 16.6. The molecule has 0 aliphatic rings. The van der Waals surface area contributed by atoms with Crippen molar-refractivity contribution in [3.05, 3.63) is 63.1 Å². The maximum Gasteiger partial charge on any atom is 0.382 e. The Morgan fingerprint density at radius 1 is 1.17 bits per heavy atom. The highest BCUT2D eigenvalue weighted by molar-refractivity contribution is 5.54. The largest absolute Gasteiger partial charge is 0.469 e. The summed E-state index contributed by atoms with van der Waals surface area (Å²) in [5, 5.41) is 11.0. The van der Waals surface area contributed by atoms with Crippen molar-refractivity contribution in [1.82, 2.24) is 14.4 Å². The lowest BCUT2D eigenvalue weighted by Crippen LogP contribution is -2.04. The number of hydrogen-bond acceptors (Lipinski definition) is 5. The van der Waals surface area contributed by atoms with E-state index in [-0.39, 0.29) is 5.82 Å². The van der Waals surface area contributed by atoms with Gasteiger partial charge in [0, 0.05) is 5.69 Å². The molecule has 0 aliphatic carbocycles. The van der Waals surface area contributed by atoms with Gasteiger partial charge in [0.1, 0.15) is 12.8 Å². The SMILES string of the molecule is Cc1ccc(COc2nc(C)c(C)n3cc([N+](=O)[O-])nc23)cc1. The van der Waals surface area contributed by atoms with Crippen LogP contribution >= 0.6 is 0 Å². The molecule has 2 heterocycles. The molecule has 0 bridgehead atoms.